The second-order valence-electron chi connectivity index (χ2n) is 4.96. The zero-order chi connectivity index (χ0) is 15.7. The molecule has 0 unspecified atom stereocenters. The van der Waals surface area contributed by atoms with Gasteiger partial charge in [-0.2, -0.15) is 14.6 Å². The number of anilines is 1. The quantitative estimate of drug-likeness (QED) is 0.777. The molecule has 0 aliphatic rings. The number of halogens is 2. The van der Waals surface area contributed by atoms with Crippen molar-refractivity contribution in [3.8, 4) is 0 Å². The number of hydrogen-bond acceptors (Lipinski definition) is 4. The molecule has 5 nitrogen and oxygen atoms in total. The van der Waals surface area contributed by atoms with E-state index in [1.54, 1.807) is 4.52 Å². The number of benzene rings is 1. The summed E-state index contributed by atoms with van der Waals surface area (Å²) in [6.07, 6.45) is 2.20. The topological polar surface area (TPSA) is 55.1 Å². The van der Waals surface area contributed by atoms with Gasteiger partial charge in [-0.1, -0.05) is 42.3 Å². The van der Waals surface area contributed by atoms with E-state index in [4.69, 9.17) is 23.2 Å². The van der Waals surface area contributed by atoms with Crippen molar-refractivity contribution in [2.75, 3.05) is 5.32 Å². The number of rotatable bonds is 4. The van der Waals surface area contributed by atoms with E-state index in [0.29, 0.717) is 21.6 Å². The second kappa shape index (κ2) is 6.10. The maximum atomic E-state index is 6.47. The highest BCUT2D eigenvalue weighted by Gasteiger charge is 2.16. The van der Waals surface area contributed by atoms with Gasteiger partial charge in [0.25, 0.3) is 5.78 Å². The van der Waals surface area contributed by atoms with Crippen molar-refractivity contribution in [2.45, 2.75) is 26.3 Å². The van der Waals surface area contributed by atoms with Crippen molar-refractivity contribution in [2.24, 2.45) is 0 Å². The molecule has 0 bridgehead atoms. The summed E-state index contributed by atoms with van der Waals surface area (Å²) in [5.74, 6) is 1.23. The first kappa shape index (κ1) is 15.1. The Kier molecular flexibility index (Phi) is 4.18. The van der Waals surface area contributed by atoms with E-state index in [2.05, 4.69) is 20.4 Å². The zero-order valence-electron chi connectivity index (χ0n) is 12.2. The Bertz CT molecular complexity index is 798. The maximum absolute atomic E-state index is 6.47. The highest BCUT2D eigenvalue weighted by Crippen LogP contribution is 2.29. The third-order valence-electron chi connectivity index (χ3n) is 3.50. The molecule has 3 rings (SSSR count). The maximum Gasteiger partial charge on any atom is 0.254 e. The first-order chi connectivity index (χ1) is 10.6. The van der Waals surface area contributed by atoms with Crippen molar-refractivity contribution in [3.63, 3.8) is 0 Å². The number of aromatic nitrogens is 4. The minimum absolute atomic E-state index is 0.0364. The van der Waals surface area contributed by atoms with Crippen LogP contribution in [0.4, 0.5) is 5.82 Å². The van der Waals surface area contributed by atoms with Crippen LogP contribution in [-0.2, 0) is 6.42 Å². The summed E-state index contributed by atoms with van der Waals surface area (Å²) in [6, 6.07) is 7.73. The van der Waals surface area contributed by atoms with Gasteiger partial charge in [0.05, 0.1) is 5.69 Å². The Morgan fingerprint density at radius 1 is 1.23 bits per heavy atom. The van der Waals surface area contributed by atoms with Crippen LogP contribution in [-0.4, -0.2) is 19.6 Å². The summed E-state index contributed by atoms with van der Waals surface area (Å²) in [5, 5.41) is 8.87. The lowest BCUT2D eigenvalue weighted by Crippen LogP contribution is -2.13. The van der Waals surface area contributed by atoms with Gasteiger partial charge in [0.2, 0.25) is 0 Å². The molecule has 1 aromatic carbocycles. The van der Waals surface area contributed by atoms with Crippen LogP contribution >= 0.6 is 23.2 Å². The van der Waals surface area contributed by atoms with Crippen LogP contribution in [0.1, 0.15) is 31.1 Å². The number of nitrogens with zero attached hydrogens (tertiary/aromatic N) is 4. The predicted molar refractivity (Wildman–Crippen MR) is 88.7 cm³/mol. The highest BCUT2D eigenvalue weighted by atomic mass is 35.5. The van der Waals surface area contributed by atoms with Crippen LogP contribution in [0, 0.1) is 0 Å². The summed E-state index contributed by atoms with van der Waals surface area (Å²) in [6.45, 7) is 4.06. The highest BCUT2D eigenvalue weighted by molar-refractivity contribution is 6.33. The zero-order valence-corrected chi connectivity index (χ0v) is 13.7. The first-order valence-corrected chi connectivity index (χ1v) is 7.76. The van der Waals surface area contributed by atoms with Crippen LogP contribution in [0.25, 0.3) is 5.78 Å². The molecule has 114 valence electrons. The molecule has 0 spiro atoms. The number of aryl methyl sites for hydroxylation is 1. The van der Waals surface area contributed by atoms with Gasteiger partial charge in [0, 0.05) is 11.1 Å². The molecular weight excluding hydrogens is 321 g/mol. The van der Waals surface area contributed by atoms with Gasteiger partial charge in [0.15, 0.2) is 5.82 Å². The van der Waals surface area contributed by atoms with E-state index < -0.39 is 0 Å². The molecule has 0 radical (unpaired) electrons. The smallest absolute Gasteiger partial charge is 0.254 e. The predicted octanol–water partition coefficient (Wildman–Crippen LogP) is 4.17. The minimum atomic E-state index is 0.0364. The summed E-state index contributed by atoms with van der Waals surface area (Å²) >= 11 is 12.4. The molecular formula is C15H15Cl2N5. The fourth-order valence-corrected chi connectivity index (χ4v) is 2.70. The van der Waals surface area contributed by atoms with Crippen LogP contribution in [0.15, 0.2) is 30.6 Å². The molecule has 1 atom stereocenters. The van der Waals surface area contributed by atoms with E-state index in [1.807, 2.05) is 38.1 Å². The van der Waals surface area contributed by atoms with Gasteiger partial charge in [-0.05, 0) is 31.0 Å². The molecule has 0 amide bonds. The van der Waals surface area contributed by atoms with E-state index in [0.717, 1.165) is 17.7 Å². The Morgan fingerprint density at radius 2 is 1.95 bits per heavy atom. The molecule has 0 saturated heterocycles. The van der Waals surface area contributed by atoms with Crippen molar-refractivity contribution in [3.05, 3.63) is 51.9 Å². The molecule has 7 heteroatoms. The Balaban J connectivity index is 2.00. The van der Waals surface area contributed by atoms with Crippen LogP contribution in [0.3, 0.4) is 0 Å². The van der Waals surface area contributed by atoms with E-state index in [1.165, 1.54) is 6.33 Å². The summed E-state index contributed by atoms with van der Waals surface area (Å²) in [5.41, 5.74) is 1.90. The third-order valence-corrected chi connectivity index (χ3v) is 4.15. The van der Waals surface area contributed by atoms with E-state index >= 15 is 0 Å². The third kappa shape index (κ3) is 2.74. The van der Waals surface area contributed by atoms with Gasteiger partial charge in [-0.3, -0.25) is 0 Å². The summed E-state index contributed by atoms with van der Waals surface area (Å²) in [7, 11) is 0. The Morgan fingerprint density at radius 3 is 2.64 bits per heavy atom. The van der Waals surface area contributed by atoms with Gasteiger partial charge in [-0.15, -0.1) is 0 Å². The summed E-state index contributed by atoms with van der Waals surface area (Å²) < 4.78 is 1.62. The minimum Gasteiger partial charge on any atom is -0.362 e. The molecule has 1 N–H and O–H groups in total. The lowest BCUT2D eigenvalue weighted by molar-refractivity contribution is 0.833. The Hall–Kier alpha value is -1.85. The number of hydrogen-bond donors (Lipinski definition) is 1. The number of nitrogens with one attached hydrogen (secondary N) is 1. The van der Waals surface area contributed by atoms with Crippen LogP contribution < -0.4 is 5.32 Å². The van der Waals surface area contributed by atoms with Crippen molar-refractivity contribution < 1.29 is 0 Å². The Labute approximate surface area is 138 Å². The fraction of sp³-hybridized carbons (Fsp3) is 0.267. The molecule has 2 heterocycles. The second-order valence-corrected chi connectivity index (χ2v) is 5.78. The molecule has 22 heavy (non-hydrogen) atoms. The van der Waals surface area contributed by atoms with Crippen molar-refractivity contribution in [1.29, 1.82) is 0 Å². The molecule has 0 fully saturated rings. The van der Waals surface area contributed by atoms with Crippen molar-refractivity contribution >= 4 is 34.8 Å². The molecule has 0 saturated carbocycles. The van der Waals surface area contributed by atoms with E-state index in [9.17, 15) is 0 Å². The SMILES string of the molecule is CCc1nc2ncnn2c(N[C@@H](C)c2ccc(Cl)cc2)c1Cl. The largest absolute Gasteiger partial charge is 0.362 e. The average molecular weight is 336 g/mol. The lowest BCUT2D eigenvalue weighted by atomic mass is 10.1. The van der Waals surface area contributed by atoms with Gasteiger partial charge >= 0.3 is 0 Å². The van der Waals surface area contributed by atoms with Crippen LogP contribution in [0.5, 0.6) is 0 Å². The normalized spacial score (nSPS) is 12.5. The standard InChI is InChI=1S/C15H15Cl2N5/c1-3-12-13(17)14(22-15(21-12)18-8-19-22)20-9(2)10-4-6-11(16)7-5-10/h4-9,20H,3H2,1-2H3/t9-/m0/s1. The van der Waals surface area contributed by atoms with E-state index in [-0.39, 0.29) is 6.04 Å². The summed E-state index contributed by atoms with van der Waals surface area (Å²) in [4.78, 5) is 8.55. The molecule has 0 aliphatic carbocycles. The van der Waals surface area contributed by atoms with Gasteiger partial charge in [0.1, 0.15) is 11.3 Å². The monoisotopic (exact) mass is 335 g/mol. The number of fused-ring (bicyclic) bond motifs is 1. The molecule has 2 aromatic heterocycles. The lowest BCUT2D eigenvalue weighted by Gasteiger charge is -2.18. The van der Waals surface area contributed by atoms with Crippen LogP contribution in [0.2, 0.25) is 10.0 Å². The van der Waals surface area contributed by atoms with Crippen molar-refractivity contribution in [1.82, 2.24) is 19.6 Å². The van der Waals surface area contributed by atoms with Gasteiger partial charge < -0.3 is 5.32 Å². The fourth-order valence-electron chi connectivity index (χ4n) is 2.27. The first-order valence-electron chi connectivity index (χ1n) is 7.00. The average Bonchev–Trinajstić information content (AvgIpc) is 2.98. The molecule has 0 aliphatic heterocycles. The molecule has 3 aromatic rings. The van der Waals surface area contributed by atoms with Gasteiger partial charge in [-0.25, -0.2) is 4.98 Å².